The van der Waals surface area contributed by atoms with Gasteiger partial charge in [-0.05, 0) is 70.2 Å². The number of amides is 2. The van der Waals surface area contributed by atoms with Crippen LogP contribution >= 0.6 is 11.6 Å². The number of carbonyl (C=O) groups excluding carboxylic acids is 2. The van der Waals surface area contributed by atoms with Gasteiger partial charge in [-0.25, -0.2) is 0 Å². The van der Waals surface area contributed by atoms with Crippen LogP contribution in [-0.2, 0) is 6.61 Å². The Labute approximate surface area is 185 Å². The summed E-state index contributed by atoms with van der Waals surface area (Å²) in [5.41, 5.74) is 2.78. The van der Waals surface area contributed by atoms with Crippen molar-refractivity contribution < 1.29 is 18.8 Å². The molecule has 1 aromatic heterocycles. The summed E-state index contributed by atoms with van der Waals surface area (Å²) in [7, 11) is 0. The molecule has 0 unspecified atom stereocenters. The van der Waals surface area contributed by atoms with E-state index in [0.717, 1.165) is 11.3 Å². The zero-order valence-corrected chi connectivity index (χ0v) is 18.5. The Hall–Kier alpha value is -3.32. The Morgan fingerprint density at radius 3 is 2.42 bits per heavy atom. The second kappa shape index (κ2) is 9.66. The first-order chi connectivity index (χ1) is 14.7. The van der Waals surface area contributed by atoms with Gasteiger partial charge in [0.1, 0.15) is 18.1 Å². The number of aryl methyl sites for hydroxylation is 2. The minimum absolute atomic E-state index is 0.0373. The van der Waals surface area contributed by atoms with Crippen molar-refractivity contribution >= 4 is 29.1 Å². The molecule has 0 aliphatic heterocycles. The van der Waals surface area contributed by atoms with E-state index in [1.54, 1.807) is 42.5 Å². The number of rotatable bonds is 7. The van der Waals surface area contributed by atoms with Gasteiger partial charge in [-0.2, -0.15) is 0 Å². The molecular formula is C23H24ClN3O4. The van der Waals surface area contributed by atoms with Crippen molar-refractivity contribution in [3.63, 3.8) is 0 Å². The molecule has 2 aromatic carbocycles. The van der Waals surface area contributed by atoms with Crippen LogP contribution in [-0.4, -0.2) is 23.0 Å². The third-order valence-corrected chi connectivity index (χ3v) is 4.81. The lowest BCUT2D eigenvalue weighted by Gasteiger charge is -2.14. The summed E-state index contributed by atoms with van der Waals surface area (Å²) in [4.78, 5) is 25.2. The maximum absolute atomic E-state index is 12.7. The third kappa shape index (κ3) is 5.64. The Bertz CT molecular complexity index is 1070. The summed E-state index contributed by atoms with van der Waals surface area (Å²) >= 11 is 6.07. The van der Waals surface area contributed by atoms with Crippen molar-refractivity contribution in [1.29, 1.82) is 0 Å². The van der Waals surface area contributed by atoms with Crippen LogP contribution in [0.1, 0.15) is 51.6 Å². The van der Waals surface area contributed by atoms with Crippen molar-refractivity contribution in [1.82, 2.24) is 10.5 Å². The molecular weight excluding hydrogens is 418 g/mol. The van der Waals surface area contributed by atoms with Crippen LogP contribution in [0.5, 0.6) is 5.75 Å². The van der Waals surface area contributed by atoms with Crippen LogP contribution in [0.4, 0.5) is 5.69 Å². The number of benzene rings is 2. The van der Waals surface area contributed by atoms with Crippen LogP contribution < -0.4 is 15.4 Å². The number of halogens is 1. The fourth-order valence-corrected chi connectivity index (χ4v) is 3.09. The summed E-state index contributed by atoms with van der Waals surface area (Å²) in [6.07, 6.45) is 0. The Morgan fingerprint density at radius 1 is 1.10 bits per heavy atom. The number of hydrogen-bond acceptors (Lipinski definition) is 5. The first-order valence-electron chi connectivity index (χ1n) is 9.81. The van der Waals surface area contributed by atoms with Crippen molar-refractivity contribution in [2.75, 3.05) is 5.32 Å². The summed E-state index contributed by atoms with van der Waals surface area (Å²) in [5, 5.41) is 9.89. The van der Waals surface area contributed by atoms with Crippen LogP contribution in [0.3, 0.4) is 0 Å². The van der Waals surface area contributed by atoms with E-state index in [-0.39, 0.29) is 17.9 Å². The molecule has 0 aliphatic carbocycles. The van der Waals surface area contributed by atoms with Crippen molar-refractivity contribution in [3.05, 3.63) is 75.6 Å². The monoisotopic (exact) mass is 441 g/mol. The first-order valence-corrected chi connectivity index (χ1v) is 10.2. The van der Waals surface area contributed by atoms with Crippen LogP contribution in [0.2, 0.25) is 5.02 Å². The standard InChI is InChI=1S/C23H24ClN3O4/c1-13(2)25-23(29)19-10-7-17(24)11-21(19)26-22(28)16-5-8-18(9-6-16)30-12-20-14(3)27-31-15(20)4/h5-11,13H,12H2,1-4H3,(H,25,29)(H,26,28). The lowest BCUT2D eigenvalue weighted by Crippen LogP contribution is -2.31. The molecule has 0 radical (unpaired) electrons. The lowest BCUT2D eigenvalue weighted by molar-refractivity contribution is 0.0944. The lowest BCUT2D eigenvalue weighted by atomic mass is 10.1. The third-order valence-electron chi connectivity index (χ3n) is 4.58. The van der Waals surface area contributed by atoms with E-state index in [1.165, 1.54) is 0 Å². The fourth-order valence-electron chi connectivity index (χ4n) is 2.92. The molecule has 0 fully saturated rings. The number of nitrogens with zero attached hydrogens (tertiary/aromatic N) is 1. The van der Waals surface area contributed by atoms with Crippen molar-refractivity contribution in [2.24, 2.45) is 0 Å². The summed E-state index contributed by atoms with van der Waals surface area (Å²) in [6.45, 7) is 7.73. The second-order valence-corrected chi connectivity index (χ2v) is 7.82. The van der Waals surface area contributed by atoms with Crippen molar-refractivity contribution in [2.45, 2.75) is 40.3 Å². The molecule has 31 heavy (non-hydrogen) atoms. The van der Waals surface area contributed by atoms with Crippen LogP contribution in [0, 0.1) is 13.8 Å². The summed E-state index contributed by atoms with van der Waals surface area (Å²) < 4.78 is 10.9. The van der Waals surface area contributed by atoms with Gasteiger partial charge in [0.25, 0.3) is 11.8 Å². The van der Waals surface area contributed by atoms with Gasteiger partial charge in [0, 0.05) is 16.6 Å². The van der Waals surface area contributed by atoms with E-state index in [2.05, 4.69) is 15.8 Å². The summed E-state index contributed by atoms with van der Waals surface area (Å²) in [5.74, 6) is 0.673. The molecule has 0 saturated heterocycles. The van der Waals surface area contributed by atoms with Gasteiger partial charge in [0.2, 0.25) is 0 Å². The van der Waals surface area contributed by atoms with E-state index in [9.17, 15) is 9.59 Å². The smallest absolute Gasteiger partial charge is 0.255 e. The normalized spacial score (nSPS) is 10.8. The molecule has 7 nitrogen and oxygen atoms in total. The molecule has 0 spiro atoms. The first kappa shape index (κ1) is 22.4. The van der Waals surface area contributed by atoms with Gasteiger partial charge in [0.15, 0.2) is 0 Å². The number of aromatic nitrogens is 1. The molecule has 0 aliphatic rings. The molecule has 2 amide bonds. The molecule has 162 valence electrons. The predicted molar refractivity (Wildman–Crippen MR) is 119 cm³/mol. The predicted octanol–water partition coefficient (Wildman–Crippen LogP) is 4.91. The zero-order chi connectivity index (χ0) is 22.5. The average molecular weight is 442 g/mol. The largest absolute Gasteiger partial charge is 0.489 e. The van der Waals surface area contributed by atoms with Gasteiger partial charge in [-0.1, -0.05) is 16.8 Å². The second-order valence-electron chi connectivity index (χ2n) is 7.39. The van der Waals surface area contributed by atoms with Crippen molar-refractivity contribution in [3.8, 4) is 5.75 Å². The molecule has 2 N–H and O–H groups in total. The molecule has 0 saturated carbocycles. The molecule has 0 atom stereocenters. The molecule has 1 heterocycles. The molecule has 3 rings (SSSR count). The molecule has 0 bridgehead atoms. The fraction of sp³-hybridized carbons (Fsp3) is 0.261. The van der Waals surface area contributed by atoms with Gasteiger partial charge >= 0.3 is 0 Å². The number of ether oxygens (including phenoxy) is 1. The summed E-state index contributed by atoms with van der Waals surface area (Å²) in [6, 6.07) is 11.4. The van der Waals surface area contributed by atoms with Gasteiger partial charge in [-0.15, -0.1) is 0 Å². The number of anilines is 1. The zero-order valence-electron chi connectivity index (χ0n) is 17.8. The maximum atomic E-state index is 12.7. The van der Waals surface area contributed by atoms with Crippen LogP contribution in [0.15, 0.2) is 47.0 Å². The van der Waals surface area contributed by atoms with E-state index in [1.807, 2.05) is 27.7 Å². The Morgan fingerprint density at radius 2 is 1.81 bits per heavy atom. The minimum atomic E-state index is -0.363. The quantitative estimate of drug-likeness (QED) is 0.543. The Balaban J connectivity index is 1.70. The number of carbonyl (C=O) groups is 2. The van der Waals surface area contributed by atoms with E-state index >= 15 is 0 Å². The van der Waals surface area contributed by atoms with E-state index < -0.39 is 0 Å². The van der Waals surface area contributed by atoms with Gasteiger partial charge in [0.05, 0.1) is 22.5 Å². The highest BCUT2D eigenvalue weighted by molar-refractivity contribution is 6.31. The highest BCUT2D eigenvalue weighted by Crippen LogP contribution is 2.23. The van der Waals surface area contributed by atoms with Gasteiger partial charge < -0.3 is 19.9 Å². The van der Waals surface area contributed by atoms with Gasteiger partial charge in [-0.3, -0.25) is 9.59 Å². The maximum Gasteiger partial charge on any atom is 0.255 e. The highest BCUT2D eigenvalue weighted by atomic mass is 35.5. The molecule has 3 aromatic rings. The topological polar surface area (TPSA) is 93.5 Å². The Kier molecular flexibility index (Phi) is 6.97. The molecule has 8 heteroatoms. The SMILES string of the molecule is Cc1noc(C)c1COc1ccc(C(=O)Nc2cc(Cl)ccc2C(=O)NC(C)C)cc1. The van der Waals surface area contributed by atoms with Crippen LogP contribution in [0.25, 0.3) is 0 Å². The highest BCUT2D eigenvalue weighted by Gasteiger charge is 2.16. The minimum Gasteiger partial charge on any atom is -0.489 e. The number of nitrogens with one attached hydrogen (secondary N) is 2. The number of hydrogen-bond donors (Lipinski definition) is 2. The van der Waals surface area contributed by atoms with E-state index in [0.29, 0.717) is 40.0 Å². The average Bonchev–Trinajstić information content (AvgIpc) is 3.03. The van der Waals surface area contributed by atoms with E-state index in [4.69, 9.17) is 20.9 Å².